The summed E-state index contributed by atoms with van der Waals surface area (Å²) in [6, 6.07) is -0.0966. The fourth-order valence-corrected chi connectivity index (χ4v) is 1.45. The van der Waals surface area contributed by atoms with Gasteiger partial charge in [-0.3, -0.25) is 9.69 Å². The van der Waals surface area contributed by atoms with Crippen LogP contribution < -0.4 is 5.32 Å². The molecule has 5 heteroatoms. The van der Waals surface area contributed by atoms with E-state index in [1.165, 1.54) is 0 Å². The minimum atomic E-state index is -0.0966. The molecule has 1 heterocycles. The third kappa shape index (κ3) is 3.56. The van der Waals surface area contributed by atoms with Gasteiger partial charge in [-0.1, -0.05) is 0 Å². The van der Waals surface area contributed by atoms with E-state index < -0.39 is 0 Å². The lowest BCUT2D eigenvalue weighted by molar-refractivity contribution is -0.125. The van der Waals surface area contributed by atoms with Crippen molar-refractivity contribution in [3.63, 3.8) is 0 Å². The Labute approximate surface area is 103 Å². The van der Waals surface area contributed by atoms with Crippen molar-refractivity contribution < 1.29 is 4.79 Å². The van der Waals surface area contributed by atoms with Crippen LogP contribution in [0.25, 0.3) is 0 Å². The number of nitrogens with zero attached hydrogens (tertiary/aromatic N) is 3. The lowest BCUT2D eigenvalue weighted by atomic mass is 10.3. The summed E-state index contributed by atoms with van der Waals surface area (Å²) in [6.07, 6.45) is 1.81. The fourth-order valence-electron chi connectivity index (χ4n) is 1.45. The maximum Gasteiger partial charge on any atom is 0.237 e. The van der Waals surface area contributed by atoms with E-state index in [1.54, 1.807) is 0 Å². The molecule has 1 aromatic heterocycles. The van der Waals surface area contributed by atoms with Crippen molar-refractivity contribution >= 4 is 5.91 Å². The van der Waals surface area contributed by atoms with Crippen LogP contribution in [0.5, 0.6) is 0 Å². The van der Waals surface area contributed by atoms with E-state index in [4.69, 9.17) is 0 Å². The monoisotopic (exact) mass is 238 g/mol. The van der Waals surface area contributed by atoms with Crippen LogP contribution in [0.3, 0.4) is 0 Å². The van der Waals surface area contributed by atoms with Crippen LogP contribution in [-0.4, -0.2) is 47.0 Å². The minimum Gasteiger partial charge on any atom is -0.353 e. The first-order valence-electron chi connectivity index (χ1n) is 5.86. The van der Waals surface area contributed by atoms with E-state index in [9.17, 15) is 4.79 Å². The van der Waals surface area contributed by atoms with Crippen molar-refractivity contribution in [2.75, 3.05) is 20.6 Å². The van der Waals surface area contributed by atoms with Gasteiger partial charge in [-0.15, -0.1) is 0 Å². The Hall–Kier alpha value is -1.36. The SMILES string of the molecule is Cc1ncn(CCNC(=O)[C@H](C)N(C)C)c1C. The highest BCUT2D eigenvalue weighted by atomic mass is 16.2. The summed E-state index contributed by atoms with van der Waals surface area (Å²) >= 11 is 0. The molecule has 1 N–H and O–H groups in total. The number of aromatic nitrogens is 2. The Bertz CT molecular complexity index is 384. The van der Waals surface area contributed by atoms with Gasteiger partial charge >= 0.3 is 0 Å². The van der Waals surface area contributed by atoms with Gasteiger partial charge in [-0.2, -0.15) is 0 Å². The van der Waals surface area contributed by atoms with Crippen LogP contribution >= 0.6 is 0 Å². The van der Waals surface area contributed by atoms with E-state index in [0.29, 0.717) is 6.54 Å². The van der Waals surface area contributed by atoms with Crippen LogP contribution in [0, 0.1) is 13.8 Å². The summed E-state index contributed by atoms with van der Waals surface area (Å²) in [5.41, 5.74) is 2.19. The number of nitrogens with one attached hydrogen (secondary N) is 1. The average Bonchev–Trinajstić information content (AvgIpc) is 2.59. The molecule has 0 bridgehead atoms. The average molecular weight is 238 g/mol. The van der Waals surface area contributed by atoms with Gasteiger partial charge in [-0.25, -0.2) is 4.98 Å². The summed E-state index contributed by atoms with van der Waals surface area (Å²) in [5.74, 6) is 0.0597. The van der Waals surface area contributed by atoms with Gasteiger partial charge in [0, 0.05) is 18.8 Å². The number of amides is 1. The molecule has 17 heavy (non-hydrogen) atoms. The molecule has 1 rings (SSSR count). The smallest absolute Gasteiger partial charge is 0.237 e. The molecule has 5 nitrogen and oxygen atoms in total. The Morgan fingerprint density at radius 2 is 2.18 bits per heavy atom. The Morgan fingerprint density at radius 1 is 1.53 bits per heavy atom. The van der Waals surface area contributed by atoms with E-state index >= 15 is 0 Å². The number of likely N-dealkylation sites (N-methyl/N-ethyl adjacent to an activating group) is 1. The maximum atomic E-state index is 11.7. The van der Waals surface area contributed by atoms with Gasteiger partial charge in [-0.05, 0) is 34.9 Å². The molecule has 1 aromatic rings. The van der Waals surface area contributed by atoms with Crippen LogP contribution in [0.15, 0.2) is 6.33 Å². The number of carbonyl (C=O) groups excluding carboxylic acids is 1. The van der Waals surface area contributed by atoms with Gasteiger partial charge in [0.05, 0.1) is 18.1 Å². The predicted molar refractivity (Wildman–Crippen MR) is 67.9 cm³/mol. The molecule has 96 valence electrons. The summed E-state index contributed by atoms with van der Waals surface area (Å²) in [7, 11) is 3.79. The number of hydrogen-bond acceptors (Lipinski definition) is 3. The molecule has 0 radical (unpaired) electrons. The zero-order valence-electron chi connectivity index (χ0n) is 11.3. The number of aryl methyl sites for hydroxylation is 1. The highest BCUT2D eigenvalue weighted by Gasteiger charge is 2.13. The Balaban J connectivity index is 2.38. The van der Waals surface area contributed by atoms with Crippen LogP contribution in [-0.2, 0) is 11.3 Å². The van der Waals surface area contributed by atoms with Crippen molar-refractivity contribution in [2.24, 2.45) is 0 Å². The molecule has 0 saturated carbocycles. The zero-order chi connectivity index (χ0) is 13.0. The molecule has 0 unspecified atom stereocenters. The second-order valence-electron chi connectivity index (χ2n) is 4.54. The highest BCUT2D eigenvalue weighted by molar-refractivity contribution is 5.81. The van der Waals surface area contributed by atoms with Crippen LogP contribution in [0.2, 0.25) is 0 Å². The van der Waals surface area contributed by atoms with Crippen molar-refractivity contribution in [1.82, 2.24) is 19.8 Å². The largest absolute Gasteiger partial charge is 0.353 e. The normalized spacial score (nSPS) is 12.8. The number of carbonyl (C=O) groups is 1. The molecule has 0 aliphatic carbocycles. The first kappa shape index (κ1) is 13.7. The van der Waals surface area contributed by atoms with Crippen LogP contribution in [0.4, 0.5) is 0 Å². The zero-order valence-corrected chi connectivity index (χ0v) is 11.3. The van der Waals surface area contributed by atoms with E-state index in [0.717, 1.165) is 17.9 Å². The molecule has 1 amide bonds. The van der Waals surface area contributed by atoms with Crippen molar-refractivity contribution in [3.05, 3.63) is 17.7 Å². The first-order chi connectivity index (χ1) is 7.93. The standard InChI is InChI=1S/C12H22N4O/c1-9-10(2)16(8-14-9)7-6-13-12(17)11(3)15(4)5/h8,11H,6-7H2,1-5H3,(H,13,17)/t11-/m0/s1. The molecular formula is C12H22N4O. The molecular weight excluding hydrogens is 216 g/mol. The highest BCUT2D eigenvalue weighted by Crippen LogP contribution is 2.03. The van der Waals surface area contributed by atoms with Gasteiger partial charge in [0.25, 0.3) is 0 Å². The van der Waals surface area contributed by atoms with E-state index in [-0.39, 0.29) is 11.9 Å². The Kier molecular flexibility index (Phi) is 4.69. The summed E-state index contributed by atoms with van der Waals surface area (Å²) in [4.78, 5) is 17.8. The topological polar surface area (TPSA) is 50.2 Å². The van der Waals surface area contributed by atoms with Crippen molar-refractivity contribution in [3.8, 4) is 0 Å². The van der Waals surface area contributed by atoms with Gasteiger partial charge in [0.2, 0.25) is 5.91 Å². The fraction of sp³-hybridized carbons (Fsp3) is 0.667. The first-order valence-corrected chi connectivity index (χ1v) is 5.86. The van der Waals surface area contributed by atoms with Crippen molar-refractivity contribution in [1.29, 1.82) is 0 Å². The number of hydrogen-bond donors (Lipinski definition) is 1. The molecule has 1 atom stereocenters. The second-order valence-corrected chi connectivity index (χ2v) is 4.54. The third-order valence-corrected chi connectivity index (χ3v) is 3.15. The molecule has 0 saturated heterocycles. The summed E-state index contributed by atoms with van der Waals surface area (Å²) in [6.45, 7) is 7.30. The summed E-state index contributed by atoms with van der Waals surface area (Å²) in [5, 5.41) is 2.92. The number of rotatable bonds is 5. The predicted octanol–water partition coefficient (Wildman–Crippen LogP) is 0.566. The van der Waals surface area contributed by atoms with E-state index in [2.05, 4.69) is 14.9 Å². The molecule has 0 fully saturated rings. The molecule has 0 aromatic carbocycles. The van der Waals surface area contributed by atoms with Crippen LogP contribution in [0.1, 0.15) is 18.3 Å². The maximum absolute atomic E-state index is 11.7. The molecule has 0 spiro atoms. The quantitative estimate of drug-likeness (QED) is 0.816. The Morgan fingerprint density at radius 3 is 2.65 bits per heavy atom. The second kappa shape index (κ2) is 5.82. The molecule has 0 aliphatic heterocycles. The van der Waals surface area contributed by atoms with Crippen molar-refractivity contribution in [2.45, 2.75) is 33.4 Å². The van der Waals surface area contributed by atoms with E-state index in [1.807, 2.05) is 46.1 Å². The molecule has 0 aliphatic rings. The van der Waals surface area contributed by atoms with Gasteiger partial charge in [0.15, 0.2) is 0 Å². The van der Waals surface area contributed by atoms with Gasteiger partial charge < -0.3 is 9.88 Å². The van der Waals surface area contributed by atoms with Gasteiger partial charge in [0.1, 0.15) is 0 Å². The summed E-state index contributed by atoms with van der Waals surface area (Å²) < 4.78 is 2.05. The lowest BCUT2D eigenvalue weighted by Crippen LogP contribution is -2.42. The lowest BCUT2D eigenvalue weighted by Gasteiger charge is -2.19. The third-order valence-electron chi connectivity index (χ3n) is 3.15. The number of imidazole rings is 1. The minimum absolute atomic E-state index is 0.0597.